The predicted molar refractivity (Wildman–Crippen MR) is 60.2 cm³/mol. The maximum absolute atomic E-state index is 11.3. The predicted octanol–water partition coefficient (Wildman–Crippen LogP) is 1.41. The number of methoxy groups -OCH3 is 1. The molecule has 6 nitrogen and oxygen atoms in total. The van der Waals surface area contributed by atoms with E-state index >= 15 is 0 Å². The number of hydrogen-bond donors (Lipinski definition) is 0. The second-order valence-electron chi connectivity index (χ2n) is 3.30. The van der Waals surface area contributed by atoms with Crippen molar-refractivity contribution < 1.29 is 9.53 Å². The fourth-order valence-electron chi connectivity index (χ4n) is 1.32. The van der Waals surface area contributed by atoms with Gasteiger partial charge in [0.2, 0.25) is 5.28 Å². The normalized spacial score (nSPS) is 10.3. The lowest BCUT2D eigenvalue weighted by Crippen LogP contribution is -2.02. The molecule has 0 aliphatic rings. The Morgan fingerprint density at radius 3 is 2.94 bits per heavy atom. The minimum Gasteiger partial charge on any atom is -0.464 e. The summed E-state index contributed by atoms with van der Waals surface area (Å²) in [6.07, 6.45) is 4.60. The largest absolute Gasteiger partial charge is 0.464 e. The number of esters is 1. The first-order valence-corrected chi connectivity index (χ1v) is 5.11. The standard InChI is InChI=1S/C10H9ClN4O2/c1-6-3-12-10(11)14-8(6)15-4-7(13-5-15)9(16)17-2/h3-5H,1-2H3. The Balaban J connectivity index is 2.43. The van der Waals surface area contributed by atoms with Gasteiger partial charge in [0.25, 0.3) is 0 Å². The zero-order valence-corrected chi connectivity index (χ0v) is 9.97. The molecule has 2 aromatic rings. The third-order valence-electron chi connectivity index (χ3n) is 2.14. The maximum Gasteiger partial charge on any atom is 0.358 e. The molecular weight excluding hydrogens is 244 g/mol. The number of aromatic nitrogens is 4. The third-order valence-corrected chi connectivity index (χ3v) is 2.32. The van der Waals surface area contributed by atoms with Crippen LogP contribution in [0, 0.1) is 6.92 Å². The van der Waals surface area contributed by atoms with Crippen molar-refractivity contribution in [3.63, 3.8) is 0 Å². The molecule has 0 saturated heterocycles. The summed E-state index contributed by atoms with van der Waals surface area (Å²) in [6.45, 7) is 1.84. The van der Waals surface area contributed by atoms with Crippen LogP contribution in [-0.2, 0) is 4.74 Å². The Morgan fingerprint density at radius 1 is 1.47 bits per heavy atom. The van der Waals surface area contributed by atoms with E-state index in [2.05, 4.69) is 19.7 Å². The molecule has 0 saturated carbocycles. The van der Waals surface area contributed by atoms with Gasteiger partial charge in [0.1, 0.15) is 12.1 Å². The first-order chi connectivity index (χ1) is 8.11. The lowest BCUT2D eigenvalue weighted by molar-refractivity contribution is 0.0594. The number of halogens is 1. The fraction of sp³-hybridized carbons (Fsp3) is 0.200. The number of carbonyl (C=O) groups excluding carboxylic acids is 1. The van der Waals surface area contributed by atoms with E-state index in [0.717, 1.165) is 5.56 Å². The molecule has 0 bridgehead atoms. The molecule has 0 fully saturated rings. The van der Waals surface area contributed by atoms with Crippen molar-refractivity contribution in [3.05, 3.63) is 35.3 Å². The number of hydrogen-bond acceptors (Lipinski definition) is 5. The summed E-state index contributed by atoms with van der Waals surface area (Å²) in [5, 5.41) is 0.138. The van der Waals surface area contributed by atoms with Crippen LogP contribution in [-0.4, -0.2) is 32.6 Å². The van der Waals surface area contributed by atoms with Crippen molar-refractivity contribution in [2.45, 2.75) is 6.92 Å². The molecule has 2 aromatic heterocycles. The number of nitrogens with zero attached hydrogens (tertiary/aromatic N) is 4. The molecule has 0 amide bonds. The monoisotopic (exact) mass is 252 g/mol. The van der Waals surface area contributed by atoms with Crippen molar-refractivity contribution in [3.8, 4) is 5.82 Å². The molecule has 88 valence electrons. The van der Waals surface area contributed by atoms with Gasteiger partial charge in [0.15, 0.2) is 5.69 Å². The Morgan fingerprint density at radius 2 is 2.24 bits per heavy atom. The first kappa shape index (κ1) is 11.5. The second kappa shape index (κ2) is 4.50. The number of aryl methyl sites for hydroxylation is 1. The van der Waals surface area contributed by atoms with Crippen LogP contribution in [0.25, 0.3) is 5.82 Å². The van der Waals surface area contributed by atoms with Crippen LogP contribution in [0.5, 0.6) is 0 Å². The van der Waals surface area contributed by atoms with E-state index in [1.54, 1.807) is 10.8 Å². The molecule has 0 N–H and O–H groups in total. The molecule has 7 heteroatoms. The minimum atomic E-state index is -0.499. The van der Waals surface area contributed by atoms with Crippen molar-refractivity contribution in [1.29, 1.82) is 0 Å². The van der Waals surface area contributed by atoms with E-state index in [1.165, 1.54) is 19.6 Å². The third kappa shape index (κ3) is 2.26. The Hall–Kier alpha value is -1.95. The molecule has 0 atom stereocenters. The number of imidazole rings is 1. The molecule has 0 spiro atoms. The lowest BCUT2D eigenvalue weighted by Gasteiger charge is -2.04. The molecule has 0 aromatic carbocycles. The Bertz CT molecular complexity index is 567. The van der Waals surface area contributed by atoms with Gasteiger partial charge >= 0.3 is 5.97 Å². The van der Waals surface area contributed by atoms with Crippen LogP contribution in [0.15, 0.2) is 18.7 Å². The molecule has 0 aliphatic carbocycles. The van der Waals surface area contributed by atoms with E-state index in [1.807, 2.05) is 6.92 Å². The molecular formula is C10H9ClN4O2. The van der Waals surface area contributed by atoms with Crippen LogP contribution in [0.1, 0.15) is 16.1 Å². The number of ether oxygens (including phenoxy) is 1. The summed E-state index contributed by atoms with van der Waals surface area (Å²) in [5.41, 5.74) is 1.03. The van der Waals surface area contributed by atoms with E-state index in [9.17, 15) is 4.79 Å². The maximum atomic E-state index is 11.3. The van der Waals surface area contributed by atoms with Crippen LogP contribution in [0.3, 0.4) is 0 Å². The van der Waals surface area contributed by atoms with Crippen molar-refractivity contribution in [2.75, 3.05) is 7.11 Å². The highest BCUT2D eigenvalue weighted by Gasteiger charge is 2.11. The van der Waals surface area contributed by atoms with Crippen LogP contribution in [0.4, 0.5) is 0 Å². The topological polar surface area (TPSA) is 69.9 Å². The van der Waals surface area contributed by atoms with Gasteiger partial charge in [-0.1, -0.05) is 0 Å². The van der Waals surface area contributed by atoms with Gasteiger partial charge in [-0.05, 0) is 18.5 Å². The summed E-state index contributed by atoms with van der Waals surface area (Å²) in [7, 11) is 1.30. The van der Waals surface area contributed by atoms with Crippen molar-refractivity contribution in [2.24, 2.45) is 0 Å². The van der Waals surface area contributed by atoms with Crippen LogP contribution in [0.2, 0.25) is 5.28 Å². The second-order valence-corrected chi connectivity index (χ2v) is 3.64. The van der Waals surface area contributed by atoms with E-state index < -0.39 is 5.97 Å². The fourth-order valence-corrected chi connectivity index (χ4v) is 1.45. The highest BCUT2D eigenvalue weighted by atomic mass is 35.5. The average Bonchev–Trinajstić information content (AvgIpc) is 2.80. The van der Waals surface area contributed by atoms with Crippen molar-refractivity contribution in [1.82, 2.24) is 19.5 Å². The zero-order valence-electron chi connectivity index (χ0n) is 9.22. The summed E-state index contributed by atoms with van der Waals surface area (Å²) in [6, 6.07) is 0. The Labute approximate surface area is 102 Å². The van der Waals surface area contributed by atoms with Gasteiger partial charge in [0.05, 0.1) is 7.11 Å². The van der Waals surface area contributed by atoms with Gasteiger partial charge in [-0.3, -0.25) is 4.57 Å². The average molecular weight is 253 g/mol. The quantitative estimate of drug-likeness (QED) is 0.597. The SMILES string of the molecule is COC(=O)c1cn(-c2nc(Cl)ncc2C)cn1. The molecule has 17 heavy (non-hydrogen) atoms. The lowest BCUT2D eigenvalue weighted by atomic mass is 10.3. The highest BCUT2D eigenvalue weighted by molar-refractivity contribution is 6.28. The summed E-state index contributed by atoms with van der Waals surface area (Å²) >= 11 is 5.72. The molecule has 0 radical (unpaired) electrons. The van der Waals surface area contributed by atoms with Crippen LogP contribution >= 0.6 is 11.6 Å². The number of rotatable bonds is 2. The van der Waals surface area contributed by atoms with Gasteiger partial charge in [-0.25, -0.2) is 14.8 Å². The minimum absolute atomic E-state index is 0.138. The summed E-state index contributed by atoms with van der Waals surface area (Å²) in [4.78, 5) is 23.1. The highest BCUT2D eigenvalue weighted by Crippen LogP contribution is 2.13. The molecule has 0 unspecified atom stereocenters. The molecule has 0 aliphatic heterocycles. The smallest absolute Gasteiger partial charge is 0.358 e. The van der Waals surface area contributed by atoms with Gasteiger partial charge in [-0.2, -0.15) is 4.98 Å². The van der Waals surface area contributed by atoms with E-state index in [0.29, 0.717) is 5.82 Å². The van der Waals surface area contributed by atoms with E-state index in [-0.39, 0.29) is 11.0 Å². The summed E-state index contributed by atoms with van der Waals surface area (Å²) < 4.78 is 6.16. The summed E-state index contributed by atoms with van der Waals surface area (Å²) in [5.74, 6) is 0.0780. The van der Waals surface area contributed by atoms with Gasteiger partial charge in [-0.15, -0.1) is 0 Å². The Kier molecular flexibility index (Phi) is 3.06. The molecule has 2 heterocycles. The van der Waals surface area contributed by atoms with E-state index in [4.69, 9.17) is 11.6 Å². The van der Waals surface area contributed by atoms with Gasteiger partial charge in [0, 0.05) is 18.0 Å². The van der Waals surface area contributed by atoms with Gasteiger partial charge < -0.3 is 4.74 Å². The van der Waals surface area contributed by atoms with Crippen molar-refractivity contribution >= 4 is 17.6 Å². The number of carbonyl (C=O) groups is 1. The van der Waals surface area contributed by atoms with Crippen LogP contribution < -0.4 is 0 Å². The zero-order chi connectivity index (χ0) is 12.4. The molecule has 2 rings (SSSR count). The first-order valence-electron chi connectivity index (χ1n) is 4.73.